The zero-order chi connectivity index (χ0) is 16.2. The molecule has 2 aliphatic rings. The molecule has 0 saturated heterocycles. The van der Waals surface area contributed by atoms with Gasteiger partial charge in [-0.1, -0.05) is 26.0 Å². The summed E-state index contributed by atoms with van der Waals surface area (Å²) >= 11 is 0. The van der Waals surface area contributed by atoms with Crippen LogP contribution < -0.4 is 5.32 Å². The molecule has 4 rings (SSSR count). The number of carbonyl (C=O) groups excluding carboxylic acids is 1. The predicted molar refractivity (Wildman–Crippen MR) is 83.2 cm³/mol. The Morgan fingerprint density at radius 3 is 2.74 bits per heavy atom. The van der Waals surface area contributed by atoms with Crippen LogP contribution in [-0.4, -0.2) is 20.5 Å². The number of benzene rings is 1. The number of hydrogen-bond donors (Lipinski definition) is 1. The van der Waals surface area contributed by atoms with Gasteiger partial charge in [-0.25, -0.2) is 9.07 Å². The van der Waals surface area contributed by atoms with Crippen molar-refractivity contribution in [1.82, 2.24) is 14.8 Å². The number of Topliss-reactive ketones (excluding diaryl/α,β-unsaturated/α-hetero) is 1. The highest BCUT2D eigenvalue weighted by atomic mass is 19.1. The number of carbonyl (C=O) groups is 1. The van der Waals surface area contributed by atoms with E-state index in [0.717, 1.165) is 17.7 Å². The van der Waals surface area contributed by atoms with Crippen LogP contribution in [-0.2, 0) is 4.79 Å². The number of anilines is 1. The van der Waals surface area contributed by atoms with Crippen LogP contribution in [0, 0.1) is 11.2 Å². The molecule has 5 nitrogen and oxygen atoms in total. The molecule has 2 heterocycles. The van der Waals surface area contributed by atoms with Crippen LogP contribution in [0.15, 0.2) is 41.9 Å². The lowest BCUT2D eigenvalue weighted by atomic mass is 9.73. The van der Waals surface area contributed by atoms with E-state index in [-0.39, 0.29) is 23.1 Å². The van der Waals surface area contributed by atoms with Crippen molar-refractivity contribution in [2.24, 2.45) is 5.41 Å². The van der Waals surface area contributed by atoms with Crippen molar-refractivity contribution in [2.45, 2.75) is 32.7 Å². The van der Waals surface area contributed by atoms with E-state index in [1.807, 2.05) is 0 Å². The van der Waals surface area contributed by atoms with E-state index in [2.05, 4.69) is 29.2 Å². The average Bonchev–Trinajstić information content (AvgIpc) is 2.92. The molecular formula is C17H17FN4O. The van der Waals surface area contributed by atoms with Gasteiger partial charge in [0.2, 0.25) is 5.95 Å². The SMILES string of the molecule is CC1(C)CC(=O)C2=C(C1)Nc1ncnn1[C@@H]2c1ccc(F)cc1. The lowest BCUT2D eigenvalue weighted by Gasteiger charge is -2.38. The van der Waals surface area contributed by atoms with E-state index in [1.165, 1.54) is 18.5 Å². The molecule has 23 heavy (non-hydrogen) atoms. The summed E-state index contributed by atoms with van der Waals surface area (Å²) in [6.07, 6.45) is 2.74. The Hall–Kier alpha value is -2.50. The van der Waals surface area contributed by atoms with Gasteiger partial charge in [-0.15, -0.1) is 0 Å². The number of nitrogens with zero attached hydrogens (tertiary/aromatic N) is 3. The minimum atomic E-state index is -0.354. The molecule has 1 atom stereocenters. The zero-order valence-electron chi connectivity index (χ0n) is 13.0. The zero-order valence-corrected chi connectivity index (χ0v) is 13.0. The van der Waals surface area contributed by atoms with Gasteiger partial charge in [0.25, 0.3) is 0 Å². The predicted octanol–water partition coefficient (Wildman–Crippen LogP) is 3.08. The van der Waals surface area contributed by atoms with E-state index >= 15 is 0 Å². The molecular weight excluding hydrogens is 295 g/mol. The highest BCUT2D eigenvalue weighted by Gasteiger charge is 2.41. The molecule has 1 aliphatic heterocycles. The molecule has 0 fully saturated rings. The quantitative estimate of drug-likeness (QED) is 0.879. The van der Waals surface area contributed by atoms with E-state index in [9.17, 15) is 9.18 Å². The Morgan fingerprint density at radius 2 is 2.00 bits per heavy atom. The second-order valence-corrected chi connectivity index (χ2v) is 6.94. The fourth-order valence-corrected chi connectivity index (χ4v) is 3.50. The monoisotopic (exact) mass is 312 g/mol. The summed E-state index contributed by atoms with van der Waals surface area (Å²) in [5.41, 5.74) is 2.37. The van der Waals surface area contributed by atoms with Crippen LogP contribution in [0.1, 0.15) is 38.3 Å². The van der Waals surface area contributed by atoms with Gasteiger partial charge in [0.05, 0.1) is 0 Å². The van der Waals surface area contributed by atoms with E-state index in [0.29, 0.717) is 17.9 Å². The van der Waals surface area contributed by atoms with Crippen molar-refractivity contribution < 1.29 is 9.18 Å². The van der Waals surface area contributed by atoms with Gasteiger partial charge in [0.1, 0.15) is 18.2 Å². The minimum Gasteiger partial charge on any atom is -0.328 e. The largest absolute Gasteiger partial charge is 0.328 e. The third-order valence-corrected chi connectivity index (χ3v) is 4.46. The first kappa shape index (κ1) is 14.1. The van der Waals surface area contributed by atoms with Gasteiger partial charge in [-0.05, 0) is 29.5 Å². The molecule has 0 radical (unpaired) electrons. The van der Waals surface area contributed by atoms with E-state index in [1.54, 1.807) is 16.8 Å². The first-order valence-corrected chi connectivity index (χ1v) is 7.63. The fraction of sp³-hybridized carbons (Fsp3) is 0.353. The molecule has 6 heteroatoms. The Kier molecular flexibility index (Phi) is 2.91. The number of rotatable bonds is 1. The lowest BCUT2D eigenvalue weighted by molar-refractivity contribution is -0.118. The first-order chi connectivity index (χ1) is 10.9. The molecule has 1 aromatic carbocycles. The minimum absolute atomic E-state index is 0.0849. The smallest absolute Gasteiger partial charge is 0.226 e. The standard InChI is InChI=1S/C17H17FN4O/c1-17(2)7-12-14(13(23)8-17)15(10-3-5-11(18)6-4-10)22-16(21-12)19-9-20-22/h3-6,9,15H,7-8H2,1-2H3,(H,19,20,21)/t15-/m1/s1. The summed E-state index contributed by atoms with van der Waals surface area (Å²) in [5, 5.41) is 7.51. The molecule has 1 aromatic heterocycles. The van der Waals surface area contributed by atoms with Gasteiger partial charge in [0.15, 0.2) is 5.78 Å². The van der Waals surface area contributed by atoms with Gasteiger partial charge in [-0.3, -0.25) is 4.79 Å². The van der Waals surface area contributed by atoms with Crippen molar-refractivity contribution in [3.63, 3.8) is 0 Å². The molecule has 0 bridgehead atoms. The third-order valence-electron chi connectivity index (χ3n) is 4.46. The van der Waals surface area contributed by atoms with Gasteiger partial charge in [0, 0.05) is 17.7 Å². The van der Waals surface area contributed by atoms with Crippen LogP contribution in [0.3, 0.4) is 0 Å². The van der Waals surface area contributed by atoms with Crippen LogP contribution in [0.5, 0.6) is 0 Å². The van der Waals surface area contributed by atoms with Crippen LogP contribution >= 0.6 is 0 Å². The lowest BCUT2D eigenvalue weighted by Crippen LogP contribution is -2.36. The summed E-state index contributed by atoms with van der Waals surface area (Å²) < 4.78 is 15.0. The molecule has 1 aliphatic carbocycles. The number of aromatic nitrogens is 3. The second kappa shape index (κ2) is 4.75. The van der Waals surface area contributed by atoms with Crippen molar-refractivity contribution in [3.8, 4) is 0 Å². The number of halogens is 1. The van der Waals surface area contributed by atoms with E-state index in [4.69, 9.17) is 0 Å². The van der Waals surface area contributed by atoms with Gasteiger partial charge in [-0.2, -0.15) is 10.1 Å². The maximum atomic E-state index is 13.3. The molecule has 2 aromatic rings. The summed E-state index contributed by atoms with van der Waals surface area (Å²) in [7, 11) is 0. The molecule has 0 amide bonds. The molecule has 0 unspecified atom stereocenters. The summed E-state index contributed by atoms with van der Waals surface area (Å²) in [4.78, 5) is 17.0. The number of fused-ring (bicyclic) bond motifs is 1. The normalized spacial score (nSPS) is 22.4. The fourth-order valence-electron chi connectivity index (χ4n) is 3.50. The maximum Gasteiger partial charge on any atom is 0.226 e. The maximum absolute atomic E-state index is 13.3. The Bertz CT molecular complexity index is 819. The van der Waals surface area contributed by atoms with Gasteiger partial charge >= 0.3 is 0 Å². The Balaban J connectivity index is 1.89. The van der Waals surface area contributed by atoms with Crippen molar-refractivity contribution >= 4 is 11.7 Å². The van der Waals surface area contributed by atoms with Crippen LogP contribution in [0.2, 0.25) is 0 Å². The van der Waals surface area contributed by atoms with Crippen molar-refractivity contribution in [3.05, 3.63) is 53.2 Å². The molecule has 118 valence electrons. The first-order valence-electron chi connectivity index (χ1n) is 7.63. The highest BCUT2D eigenvalue weighted by Crippen LogP contribution is 2.44. The summed E-state index contributed by atoms with van der Waals surface area (Å²) in [6.45, 7) is 4.17. The average molecular weight is 312 g/mol. The van der Waals surface area contributed by atoms with Crippen LogP contribution in [0.4, 0.5) is 10.3 Å². The molecule has 1 N–H and O–H groups in total. The topological polar surface area (TPSA) is 59.8 Å². The Morgan fingerprint density at radius 1 is 1.26 bits per heavy atom. The second-order valence-electron chi connectivity index (χ2n) is 6.94. The number of ketones is 1. The number of hydrogen-bond acceptors (Lipinski definition) is 4. The Labute approximate surface area is 133 Å². The number of nitrogens with one attached hydrogen (secondary N) is 1. The third kappa shape index (κ3) is 2.25. The summed E-state index contributed by atoms with van der Waals surface area (Å²) in [5.74, 6) is 0.426. The number of allylic oxidation sites excluding steroid dienone is 2. The van der Waals surface area contributed by atoms with E-state index < -0.39 is 0 Å². The molecule has 0 saturated carbocycles. The van der Waals surface area contributed by atoms with Crippen molar-refractivity contribution in [2.75, 3.05) is 5.32 Å². The van der Waals surface area contributed by atoms with Crippen molar-refractivity contribution in [1.29, 1.82) is 0 Å². The molecule has 0 spiro atoms. The van der Waals surface area contributed by atoms with Crippen LogP contribution in [0.25, 0.3) is 0 Å². The highest BCUT2D eigenvalue weighted by molar-refractivity contribution is 6.00. The summed E-state index contributed by atoms with van der Waals surface area (Å²) in [6, 6.07) is 5.87. The van der Waals surface area contributed by atoms with Gasteiger partial charge < -0.3 is 5.32 Å².